The van der Waals surface area contributed by atoms with Crippen LogP contribution in [0.25, 0.3) is 0 Å². The fraction of sp³-hybridized carbons (Fsp3) is 0.538. The molecule has 2 aliphatic heterocycles. The fourth-order valence-corrected chi connectivity index (χ4v) is 2.75. The highest BCUT2D eigenvalue weighted by Crippen LogP contribution is 2.48. The zero-order valence-electron chi connectivity index (χ0n) is 10.2. The van der Waals surface area contributed by atoms with Crippen LogP contribution in [0, 0.1) is 0 Å². The summed E-state index contributed by atoms with van der Waals surface area (Å²) < 4.78 is 16.5. The van der Waals surface area contributed by atoms with Crippen LogP contribution >= 0.6 is 0 Å². The van der Waals surface area contributed by atoms with E-state index in [9.17, 15) is 0 Å². The molecule has 0 spiro atoms. The Bertz CT molecular complexity index is 439. The van der Waals surface area contributed by atoms with Gasteiger partial charge in [-0.1, -0.05) is 0 Å². The Labute approximate surface area is 101 Å². The molecule has 0 bridgehead atoms. The molecule has 4 nitrogen and oxygen atoms in total. The normalized spacial score (nSPS) is 26.2. The lowest BCUT2D eigenvalue weighted by Crippen LogP contribution is -2.33. The first-order chi connectivity index (χ1) is 8.24. The van der Waals surface area contributed by atoms with Gasteiger partial charge in [-0.25, -0.2) is 0 Å². The average Bonchev–Trinajstić information content (AvgIpc) is 2.96. The third-order valence-corrected chi connectivity index (χ3v) is 3.64. The Morgan fingerprint density at radius 2 is 2.24 bits per heavy atom. The molecule has 1 atom stereocenters. The van der Waals surface area contributed by atoms with Crippen LogP contribution in [0.4, 0.5) is 0 Å². The Balaban J connectivity index is 2.16. The smallest absolute Gasteiger partial charge is 0.231 e. The first-order valence-corrected chi connectivity index (χ1v) is 5.97. The Hall–Kier alpha value is -1.42. The minimum Gasteiger partial charge on any atom is -0.496 e. The highest BCUT2D eigenvalue weighted by Gasteiger charge is 2.38. The molecule has 1 aromatic carbocycles. The number of methoxy groups -OCH3 is 1. The van der Waals surface area contributed by atoms with Crippen molar-refractivity contribution in [2.75, 3.05) is 20.4 Å². The molecule has 4 heteroatoms. The first kappa shape index (κ1) is 10.7. The van der Waals surface area contributed by atoms with Gasteiger partial charge in [0.15, 0.2) is 11.5 Å². The van der Waals surface area contributed by atoms with Crippen molar-refractivity contribution in [3.8, 4) is 17.2 Å². The van der Waals surface area contributed by atoms with Crippen molar-refractivity contribution in [1.82, 2.24) is 5.32 Å². The zero-order valence-corrected chi connectivity index (χ0v) is 10.2. The third kappa shape index (κ3) is 1.55. The average molecular weight is 235 g/mol. The zero-order chi connectivity index (χ0) is 11.9. The van der Waals surface area contributed by atoms with Gasteiger partial charge in [-0.2, -0.15) is 0 Å². The Kier molecular flexibility index (Phi) is 2.40. The quantitative estimate of drug-likeness (QED) is 0.851. The summed E-state index contributed by atoms with van der Waals surface area (Å²) in [4.78, 5) is 0. The van der Waals surface area contributed by atoms with Gasteiger partial charge in [0.25, 0.3) is 0 Å². The fourth-order valence-electron chi connectivity index (χ4n) is 2.75. The highest BCUT2D eigenvalue weighted by molar-refractivity contribution is 5.58. The minimum atomic E-state index is -0.0790. The van der Waals surface area contributed by atoms with Gasteiger partial charge in [0.2, 0.25) is 6.79 Å². The van der Waals surface area contributed by atoms with Gasteiger partial charge in [-0.15, -0.1) is 0 Å². The molecule has 1 unspecified atom stereocenters. The minimum absolute atomic E-state index is 0.0790. The standard InChI is InChI=1S/C13H17NO3/c1-13(6-3-7-14-13)11-9(15-2)4-5-10-12(11)17-8-16-10/h4-5,14H,3,6-8H2,1-2H3. The maximum Gasteiger partial charge on any atom is 0.231 e. The van der Waals surface area contributed by atoms with E-state index in [0.717, 1.165) is 35.8 Å². The summed E-state index contributed by atoms with van der Waals surface area (Å²) >= 11 is 0. The molecule has 3 rings (SSSR count). The van der Waals surface area contributed by atoms with Crippen molar-refractivity contribution >= 4 is 0 Å². The lowest BCUT2D eigenvalue weighted by Gasteiger charge is -2.28. The number of nitrogens with one attached hydrogen (secondary N) is 1. The molecule has 1 fully saturated rings. The summed E-state index contributed by atoms with van der Waals surface area (Å²) in [5.74, 6) is 2.52. The summed E-state index contributed by atoms with van der Waals surface area (Å²) in [6, 6.07) is 3.86. The number of hydrogen-bond donors (Lipinski definition) is 1. The van der Waals surface area contributed by atoms with Crippen LogP contribution in [0.5, 0.6) is 17.2 Å². The highest BCUT2D eigenvalue weighted by atomic mass is 16.7. The molecule has 2 aliphatic rings. The van der Waals surface area contributed by atoms with E-state index in [1.807, 2.05) is 12.1 Å². The lowest BCUT2D eigenvalue weighted by molar-refractivity contribution is 0.171. The molecule has 2 heterocycles. The van der Waals surface area contributed by atoms with Gasteiger partial charge < -0.3 is 19.5 Å². The molecule has 0 aromatic heterocycles. The van der Waals surface area contributed by atoms with E-state index in [2.05, 4.69) is 12.2 Å². The van der Waals surface area contributed by atoms with Crippen LogP contribution in [0.15, 0.2) is 12.1 Å². The van der Waals surface area contributed by atoms with Crippen molar-refractivity contribution < 1.29 is 14.2 Å². The van der Waals surface area contributed by atoms with E-state index in [1.54, 1.807) is 7.11 Å². The molecule has 1 aromatic rings. The maximum absolute atomic E-state index is 5.61. The number of rotatable bonds is 2. The van der Waals surface area contributed by atoms with E-state index in [4.69, 9.17) is 14.2 Å². The number of ether oxygens (including phenoxy) is 3. The Morgan fingerprint density at radius 3 is 2.94 bits per heavy atom. The second-order valence-corrected chi connectivity index (χ2v) is 4.74. The predicted molar refractivity (Wildman–Crippen MR) is 63.7 cm³/mol. The van der Waals surface area contributed by atoms with E-state index < -0.39 is 0 Å². The van der Waals surface area contributed by atoms with Crippen molar-refractivity contribution in [3.05, 3.63) is 17.7 Å². The maximum atomic E-state index is 5.61. The van der Waals surface area contributed by atoms with E-state index in [1.165, 1.54) is 6.42 Å². The summed E-state index contributed by atoms with van der Waals surface area (Å²) in [6.45, 7) is 3.52. The third-order valence-electron chi connectivity index (χ3n) is 3.64. The topological polar surface area (TPSA) is 39.7 Å². The van der Waals surface area contributed by atoms with Gasteiger partial charge >= 0.3 is 0 Å². The van der Waals surface area contributed by atoms with Gasteiger partial charge in [-0.05, 0) is 38.4 Å². The SMILES string of the molecule is COc1ccc2c(c1C1(C)CCCN1)OCO2. The largest absolute Gasteiger partial charge is 0.496 e. The monoisotopic (exact) mass is 235 g/mol. The van der Waals surface area contributed by atoms with Crippen LogP contribution in [0.1, 0.15) is 25.3 Å². The van der Waals surface area contributed by atoms with Crippen molar-refractivity contribution in [3.63, 3.8) is 0 Å². The van der Waals surface area contributed by atoms with Crippen LogP contribution in [-0.4, -0.2) is 20.4 Å². The van der Waals surface area contributed by atoms with Crippen LogP contribution < -0.4 is 19.5 Å². The molecule has 17 heavy (non-hydrogen) atoms. The molecule has 0 radical (unpaired) electrons. The summed E-state index contributed by atoms with van der Waals surface area (Å²) in [5, 5.41) is 3.54. The van der Waals surface area contributed by atoms with Crippen molar-refractivity contribution in [2.45, 2.75) is 25.3 Å². The van der Waals surface area contributed by atoms with E-state index in [-0.39, 0.29) is 5.54 Å². The van der Waals surface area contributed by atoms with E-state index in [0.29, 0.717) is 6.79 Å². The predicted octanol–water partition coefficient (Wildman–Crippen LogP) is 2.02. The first-order valence-electron chi connectivity index (χ1n) is 5.97. The molecule has 0 amide bonds. The molecular formula is C13H17NO3. The molecule has 0 aliphatic carbocycles. The number of fused-ring (bicyclic) bond motifs is 1. The Morgan fingerprint density at radius 1 is 1.35 bits per heavy atom. The van der Waals surface area contributed by atoms with Crippen LogP contribution in [0.3, 0.4) is 0 Å². The lowest BCUT2D eigenvalue weighted by atomic mass is 9.88. The second-order valence-electron chi connectivity index (χ2n) is 4.74. The number of hydrogen-bond acceptors (Lipinski definition) is 4. The van der Waals surface area contributed by atoms with Crippen LogP contribution in [-0.2, 0) is 5.54 Å². The van der Waals surface area contributed by atoms with Gasteiger partial charge in [0.1, 0.15) is 5.75 Å². The second kappa shape index (κ2) is 3.81. The molecular weight excluding hydrogens is 218 g/mol. The van der Waals surface area contributed by atoms with E-state index >= 15 is 0 Å². The molecule has 1 N–H and O–H groups in total. The van der Waals surface area contributed by atoms with Crippen LogP contribution in [0.2, 0.25) is 0 Å². The summed E-state index contributed by atoms with van der Waals surface area (Å²) in [6.07, 6.45) is 2.26. The van der Waals surface area contributed by atoms with Gasteiger partial charge in [0.05, 0.1) is 12.7 Å². The summed E-state index contributed by atoms with van der Waals surface area (Å²) in [7, 11) is 1.69. The number of benzene rings is 1. The van der Waals surface area contributed by atoms with Gasteiger partial charge in [0, 0.05) is 5.54 Å². The molecule has 92 valence electrons. The summed E-state index contributed by atoms with van der Waals surface area (Å²) in [5.41, 5.74) is 1.01. The molecule has 1 saturated heterocycles. The van der Waals surface area contributed by atoms with Crippen molar-refractivity contribution in [2.24, 2.45) is 0 Å². The van der Waals surface area contributed by atoms with Crippen molar-refractivity contribution in [1.29, 1.82) is 0 Å². The van der Waals surface area contributed by atoms with Gasteiger partial charge in [-0.3, -0.25) is 0 Å². The molecule has 0 saturated carbocycles.